The van der Waals surface area contributed by atoms with Gasteiger partial charge in [0.05, 0.1) is 5.56 Å². The van der Waals surface area contributed by atoms with Crippen molar-refractivity contribution in [2.24, 2.45) is 10.9 Å². The zero-order valence-corrected chi connectivity index (χ0v) is 22.0. The third-order valence-electron chi connectivity index (χ3n) is 5.98. The van der Waals surface area contributed by atoms with E-state index in [0.29, 0.717) is 18.0 Å². The van der Waals surface area contributed by atoms with Gasteiger partial charge in [-0.1, -0.05) is 39.0 Å². The average molecular weight is 569 g/mol. The van der Waals surface area contributed by atoms with Gasteiger partial charge in [0.15, 0.2) is 5.96 Å². The van der Waals surface area contributed by atoms with Gasteiger partial charge in [0.25, 0.3) is 0 Å². The van der Waals surface area contributed by atoms with Gasteiger partial charge in [-0.3, -0.25) is 4.99 Å². The number of aliphatic imine (C=N–C) groups is 1. The summed E-state index contributed by atoms with van der Waals surface area (Å²) in [6.45, 7) is 14.6. The highest BCUT2D eigenvalue weighted by atomic mass is 127. The summed E-state index contributed by atoms with van der Waals surface area (Å²) in [5, 5.41) is 6.66. The Morgan fingerprint density at radius 3 is 2.34 bits per heavy atom. The number of nitrogens with zero attached hydrogens (tertiary/aromatic N) is 3. The summed E-state index contributed by atoms with van der Waals surface area (Å²) in [5.41, 5.74) is 0.115. The van der Waals surface area contributed by atoms with Gasteiger partial charge < -0.3 is 20.4 Å². The highest BCUT2D eigenvalue weighted by Gasteiger charge is 2.30. The van der Waals surface area contributed by atoms with Crippen LogP contribution in [0.15, 0.2) is 29.3 Å². The maximum atomic E-state index is 12.9. The predicted octanol–water partition coefficient (Wildman–Crippen LogP) is 4.26. The zero-order chi connectivity index (χ0) is 22.9. The van der Waals surface area contributed by atoms with Gasteiger partial charge >= 0.3 is 6.18 Å². The molecule has 1 heterocycles. The summed E-state index contributed by atoms with van der Waals surface area (Å²) in [4.78, 5) is 9.27. The number of nitrogens with one attached hydrogen (secondary N) is 2. The lowest BCUT2D eigenvalue weighted by Gasteiger charge is -2.35. The Labute approximate surface area is 208 Å². The van der Waals surface area contributed by atoms with Crippen LogP contribution < -0.4 is 10.6 Å². The van der Waals surface area contributed by atoms with Crippen LogP contribution in [-0.2, 0) is 6.18 Å². The molecule has 9 heteroatoms. The van der Waals surface area contributed by atoms with Crippen molar-refractivity contribution in [3.05, 3.63) is 35.4 Å². The van der Waals surface area contributed by atoms with Crippen molar-refractivity contribution in [2.75, 3.05) is 59.4 Å². The number of piperazine rings is 1. The molecule has 0 spiro atoms. The molecular formula is C23H39F3IN5. The smallest absolute Gasteiger partial charge is 0.356 e. The minimum absolute atomic E-state index is 0. The van der Waals surface area contributed by atoms with Crippen LogP contribution in [0.25, 0.3) is 0 Å². The molecule has 2 N–H and O–H groups in total. The van der Waals surface area contributed by atoms with E-state index < -0.39 is 11.7 Å². The minimum Gasteiger partial charge on any atom is -0.356 e. The van der Waals surface area contributed by atoms with E-state index >= 15 is 0 Å². The number of halogens is 4. The molecule has 1 aromatic rings. The Morgan fingerprint density at radius 1 is 1.09 bits per heavy atom. The second-order valence-electron chi connectivity index (χ2n) is 8.53. The van der Waals surface area contributed by atoms with Crippen molar-refractivity contribution < 1.29 is 13.2 Å². The Morgan fingerprint density at radius 2 is 1.75 bits per heavy atom. The predicted molar refractivity (Wildman–Crippen MR) is 137 cm³/mol. The molecule has 1 fully saturated rings. The molecular weight excluding hydrogens is 530 g/mol. The summed E-state index contributed by atoms with van der Waals surface area (Å²) in [5.74, 6) is 1.25. The van der Waals surface area contributed by atoms with Gasteiger partial charge in [-0.05, 0) is 36.4 Å². The molecule has 0 aromatic heterocycles. The van der Waals surface area contributed by atoms with Gasteiger partial charge in [-0.15, -0.1) is 24.0 Å². The van der Waals surface area contributed by atoms with E-state index in [1.54, 1.807) is 13.1 Å². The van der Waals surface area contributed by atoms with E-state index in [9.17, 15) is 13.2 Å². The van der Waals surface area contributed by atoms with Crippen LogP contribution in [0.5, 0.6) is 0 Å². The third kappa shape index (κ3) is 9.82. The van der Waals surface area contributed by atoms with E-state index in [0.717, 1.165) is 64.3 Å². The second kappa shape index (κ2) is 14.2. The largest absolute Gasteiger partial charge is 0.416 e. The summed E-state index contributed by atoms with van der Waals surface area (Å²) < 4.78 is 38.8. The van der Waals surface area contributed by atoms with E-state index in [1.807, 2.05) is 6.92 Å². The van der Waals surface area contributed by atoms with Crippen molar-refractivity contribution in [1.82, 2.24) is 20.4 Å². The van der Waals surface area contributed by atoms with Crippen LogP contribution >= 0.6 is 24.0 Å². The minimum atomic E-state index is -4.31. The standard InChI is InChI=1S/C23H38F3N5.HI/c1-5-30-11-13-31(14-12-30)17-18(2)16-29-22(27-4)28-10-9-19(3)20-7-6-8-21(15-20)23(24,25)26;/h6-8,15,18-19H,5,9-14,16-17H2,1-4H3,(H2,27,28,29);1H. The van der Waals surface area contributed by atoms with Gasteiger partial charge in [-0.25, -0.2) is 0 Å². The lowest BCUT2D eigenvalue weighted by molar-refractivity contribution is -0.137. The van der Waals surface area contributed by atoms with Crippen LogP contribution in [-0.4, -0.2) is 75.2 Å². The number of benzene rings is 1. The van der Waals surface area contributed by atoms with Crippen LogP contribution in [0.2, 0.25) is 0 Å². The van der Waals surface area contributed by atoms with Gasteiger partial charge in [-0.2, -0.15) is 13.2 Å². The normalized spacial score (nSPS) is 18.0. The number of alkyl halides is 3. The van der Waals surface area contributed by atoms with Crippen LogP contribution in [0, 0.1) is 5.92 Å². The van der Waals surface area contributed by atoms with Crippen molar-refractivity contribution >= 4 is 29.9 Å². The van der Waals surface area contributed by atoms with E-state index in [2.05, 4.69) is 39.3 Å². The lowest BCUT2D eigenvalue weighted by atomic mass is 9.96. The molecule has 0 bridgehead atoms. The van der Waals surface area contributed by atoms with Gasteiger partial charge in [0.2, 0.25) is 0 Å². The monoisotopic (exact) mass is 569 g/mol. The average Bonchev–Trinajstić information content (AvgIpc) is 2.76. The molecule has 5 nitrogen and oxygen atoms in total. The SMILES string of the molecule is CCN1CCN(CC(C)CNC(=NC)NCCC(C)c2cccc(C(F)(F)F)c2)CC1.I. The Kier molecular flexibility index (Phi) is 12.9. The van der Waals surface area contributed by atoms with Crippen LogP contribution in [0.1, 0.15) is 44.2 Å². The maximum Gasteiger partial charge on any atom is 0.416 e. The number of rotatable bonds is 9. The number of hydrogen-bond acceptors (Lipinski definition) is 3. The summed E-state index contributed by atoms with van der Waals surface area (Å²) in [6, 6.07) is 5.60. The van der Waals surface area contributed by atoms with Gasteiger partial charge in [0, 0.05) is 52.9 Å². The summed E-state index contributed by atoms with van der Waals surface area (Å²) >= 11 is 0. The molecule has 1 aliphatic heterocycles. The topological polar surface area (TPSA) is 42.9 Å². The van der Waals surface area contributed by atoms with Crippen molar-refractivity contribution in [1.29, 1.82) is 0 Å². The second-order valence-corrected chi connectivity index (χ2v) is 8.53. The molecule has 0 aliphatic carbocycles. The molecule has 184 valence electrons. The van der Waals surface area contributed by atoms with Crippen molar-refractivity contribution in [2.45, 2.75) is 39.3 Å². The molecule has 1 aromatic carbocycles. The lowest BCUT2D eigenvalue weighted by Crippen LogP contribution is -2.48. The first kappa shape index (κ1) is 29.0. The molecule has 1 saturated heterocycles. The maximum absolute atomic E-state index is 12.9. The van der Waals surface area contributed by atoms with Crippen LogP contribution in [0.4, 0.5) is 13.2 Å². The number of likely N-dealkylation sites (N-methyl/N-ethyl adjacent to an activating group) is 1. The number of hydrogen-bond donors (Lipinski definition) is 2. The molecule has 0 radical (unpaired) electrons. The van der Waals surface area contributed by atoms with E-state index in [4.69, 9.17) is 0 Å². The van der Waals surface area contributed by atoms with Crippen LogP contribution in [0.3, 0.4) is 0 Å². The first-order valence-corrected chi connectivity index (χ1v) is 11.3. The highest BCUT2D eigenvalue weighted by molar-refractivity contribution is 14.0. The molecule has 2 rings (SSSR count). The molecule has 2 unspecified atom stereocenters. The number of guanidine groups is 1. The Balaban J connectivity index is 0.00000512. The first-order chi connectivity index (χ1) is 14.7. The fourth-order valence-corrected chi connectivity index (χ4v) is 3.88. The summed E-state index contributed by atoms with van der Waals surface area (Å²) in [6.07, 6.45) is -3.58. The summed E-state index contributed by atoms with van der Waals surface area (Å²) in [7, 11) is 1.74. The molecule has 2 atom stereocenters. The zero-order valence-electron chi connectivity index (χ0n) is 19.7. The highest BCUT2D eigenvalue weighted by Crippen LogP contribution is 2.31. The molecule has 0 saturated carbocycles. The molecule has 1 aliphatic rings. The fraction of sp³-hybridized carbons (Fsp3) is 0.696. The Hall–Kier alpha value is -1.07. The fourth-order valence-electron chi connectivity index (χ4n) is 3.88. The van der Waals surface area contributed by atoms with E-state index in [1.165, 1.54) is 12.1 Å². The van der Waals surface area contributed by atoms with E-state index in [-0.39, 0.29) is 29.9 Å². The van der Waals surface area contributed by atoms with Crippen molar-refractivity contribution in [3.8, 4) is 0 Å². The third-order valence-corrected chi connectivity index (χ3v) is 5.98. The molecule has 0 amide bonds. The van der Waals surface area contributed by atoms with Gasteiger partial charge in [0.1, 0.15) is 0 Å². The Bertz CT molecular complexity index is 690. The quantitative estimate of drug-likeness (QED) is 0.265. The van der Waals surface area contributed by atoms with Crippen molar-refractivity contribution in [3.63, 3.8) is 0 Å². The first-order valence-electron chi connectivity index (χ1n) is 11.3. The molecule has 32 heavy (non-hydrogen) atoms.